The van der Waals surface area contributed by atoms with E-state index in [0.29, 0.717) is 53.4 Å². The van der Waals surface area contributed by atoms with E-state index in [4.69, 9.17) is 9.84 Å². The lowest BCUT2D eigenvalue weighted by Gasteiger charge is -2.26. The first-order chi connectivity index (χ1) is 16.5. The van der Waals surface area contributed by atoms with Crippen LogP contribution in [-0.2, 0) is 14.2 Å². The third-order valence-corrected chi connectivity index (χ3v) is 8.06. The zero-order valence-corrected chi connectivity index (χ0v) is 21.4. The largest absolute Gasteiger partial charge is 0.481 e. The minimum atomic E-state index is -3.94. The molecule has 0 fully saturated rings. The quantitative estimate of drug-likeness (QED) is 0.360. The highest BCUT2D eigenvalue weighted by molar-refractivity contribution is 7.68. The Bertz CT molecular complexity index is 1270. The molecule has 1 unspecified atom stereocenters. The van der Waals surface area contributed by atoms with E-state index in [1.165, 1.54) is 4.90 Å². The number of benzene rings is 2. The van der Waals surface area contributed by atoms with Crippen LogP contribution in [-0.4, -0.2) is 60.6 Å². The minimum Gasteiger partial charge on any atom is -0.481 e. The van der Waals surface area contributed by atoms with Crippen LogP contribution >= 0.6 is 7.37 Å². The zero-order chi connectivity index (χ0) is 25.8. The van der Waals surface area contributed by atoms with Crippen molar-refractivity contribution in [3.8, 4) is 11.5 Å². The third-order valence-electron chi connectivity index (χ3n) is 6.05. The lowest BCUT2D eigenvalue weighted by molar-refractivity contribution is -0.137. The number of carboxylic acid groups (broad SMARTS) is 1. The van der Waals surface area contributed by atoms with Crippen molar-refractivity contribution in [2.75, 3.05) is 38.7 Å². The summed E-state index contributed by atoms with van der Waals surface area (Å²) in [4.78, 5) is 37.9. The molecule has 2 aromatic carbocycles. The average Bonchev–Trinajstić information content (AvgIpc) is 2.79. The lowest BCUT2D eigenvalue weighted by Crippen LogP contribution is -2.28. The van der Waals surface area contributed by atoms with E-state index in [1.807, 2.05) is 31.1 Å². The van der Waals surface area contributed by atoms with E-state index in [-0.39, 0.29) is 24.9 Å². The number of ether oxygens (including phenoxy) is 1. The summed E-state index contributed by atoms with van der Waals surface area (Å²) in [6.45, 7) is 4.41. The van der Waals surface area contributed by atoms with Gasteiger partial charge in [0.2, 0.25) is 13.3 Å². The maximum atomic E-state index is 13.7. The molecule has 1 amide bonds. The van der Waals surface area contributed by atoms with Crippen LogP contribution in [0.1, 0.15) is 37.7 Å². The van der Waals surface area contributed by atoms with Crippen molar-refractivity contribution < 1.29 is 28.9 Å². The topological polar surface area (TPSA) is 107 Å². The Hall–Kier alpha value is -3.09. The second kappa shape index (κ2) is 11.1. The summed E-state index contributed by atoms with van der Waals surface area (Å²) in [6.07, 6.45) is 1.80. The SMILES string of the molecule is C=c1ccc2c(c1)Oc1cc(N(C)C)ccc1C=2P(=O)(O)CCC(=O)N(C)CCCCCC(=O)O. The van der Waals surface area contributed by atoms with Gasteiger partial charge in [-0.15, -0.1) is 0 Å². The molecule has 1 aliphatic heterocycles. The fourth-order valence-electron chi connectivity index (χ4n) is 4.03. The zero-order valence-electron chi connectivity index (χ0n) is 20.5. The van der Waals surface area contributed by atoms with Crippen molar-refractivity contribution >= 4 is 36.8 Å². The molecular formula is C26H33N2O6P. The van der Waals surface area contributed by atoms with Gasteiger partial charge in [0.15, 0.2) is 0 Å². The van der Waals surface area contributed by atoms with Gasteiger partial charge in [0, 0.05) is 69.2 Å². The van der Waals surface area contributed by atoms with Crippen LogP contribution in [0.15, 0.2) is 36.4 Å². The van der Waals surface area contributed by atoms with Crippen molar-refractivity contribution in [2.45, 2.75) is 32.1 Å². The molecular weight excluding hydrogens is 467 g/mol. The first-order valence-electron chi connectivity index (χ1n) is 11.6. The normalized spacial score (nSPS) is 13.8. The van der Waals surface area contributed by atoms with E-state index < -0.39 is 13.3 Å². The van der Waals surface area contributed by atoms with Crippen molar-refractivity contribution in [3.63, 3.8) is 0 Å². The molecule has 2 aromatic rings. The fraction of sp³-hybridized carbons (Fsp3) is 0.385. The van der Waals surface area contributed by atoms with E-state index in [2.05, 4.69) is 6.58 Å². The van der Waals surface area contributed by atoms with Crippen LogP contribution in [0.2, 0.25) is 0 Å². The molecule has 2 N–H and O–H groups in total. The molecule has 35 heavy (non-hydrogen) atoms. The summed E-state index contributed by atoms with van der Waals surface area (Å²) in [5, 5.41) is 10.3. The molecule has 0 radical (unpaired) electrons. The van der Waals surface area contributed by atoms with Gasteiger partial charge in [-0.3, -0.25) is 14.2 Å². The lowest BCUT2D eigenvalue weighted by atomic mass is 10.1. The molecule has 0 bridgehead atoms. The van der Waals surface area contributed by atoms with E-state index in [1.54, 1.807) is 31.3 Å². The van der Waals surface area contributed by atoms with Crippen LogP contribution in [0.3, 0.4) is 0 Å². The molecule has 0 saturated carbocycles. The Balaban J connectivity index is 1.81. The Labute approximate surface area is 205 Å². The van der Waals surface area contributed by atoms with Gasteiger partial charge in [0.1, 0.15) is 11.5 Å². The first kappa shape index (κ1) is 26.5. The van der Waals surface area contributed by atoms with Crippen LogP contribution in [0.5, 0.6) is 11.5 Å². The summed E-state index contributed by atoms with van der Waals surface area (Å²) in [6, 6.07) is 10.7. The third kappa shape index (κ3) is 6.53. The van der Waals surface area contributed by atoms with Gasteiger partial charge >= 0.3 is 5.97 Å². The first-order valence-corrected chi connectivity index (χ1v) is 13.4. The number of carbonyl (C=O) groups excluding carboxylic acids is 1. The van der Waals surface area contributed by atoms with Gasteiger partial charge < -0.3 is 24.5 Å². The molecule has 9 heteroatoms. The van der Waals surface area contributed by atoms with Crippen molar-refractivity contribution in [3.05, 3.63) is 52.4 Å². The smallest absolute Gasteiger partial charge is 0.303 e. The monoisotopic (exact) mass is 500 g/mol. The van der Waals surface area contributed by atoms with Crippen molar-refractivity contribution in [1.29, 1.82) is 0 Å². The van der Waals surface area contributed by atoms with Crippen LogP contribution < -0.4 is 20.1 Å². The van der Waals surface area contributed by atoms with Crippen molar-refractivity contribution in [2.24, 2.45) is 0 Å². The summed E-state index contributed by atoms with van der Waals surface area (Å²) in [5.74, 6) is -0.0914. The van der Waals surface area contributed by atoms with E-state index in [9.17, 15) is 19.0 Å². The van der Waals surface area contributed by atoms with Gasteiger partial charge in [-0.25, -0.2) is 0 Å². The predicted molar refractivity (Wildman–Crippen MR) is 138 cm³/mol. The second-order valence-corrected chi connectivity index (χ2v) is 11.3. The molecule has 0 spiro atoms. The Morgan fingerprint density at radius 2 is 1.74 bits per heavy atom. The Morgan fingerprint density at radius 3 is 2.43 bits per heavy atom. The molecule has 1 atom stereocenters. The van der Waals surface area contributed by atoms with Gasteiger partial charge in [-0.1, -0.05) is 19.1 Å². The van der Waals surface area contributed by atoms with Gasteiger partial charge in [-0.05, 0) is 42.3 Å². The number of fused-ring (bicyclic) bond motifs is 2. The summed E-state index contributed by atoms with van der Waals surface area (Å²) >= 11 is 0. The Kier molecular flexibility index (Phi) is 8.41. The molecule has 1 heterocycles. The van der Waals surface area contributed by atoms with Gasteiger partial charge in [0.25, 0.3) is 0 Å². The molecule has 0 aromatic heterocycles. The number of hydrogen-bond donors (Lipinski definition) is 2. The molecule has 1 aliphatic rings. The number of anilines is 1. The van der Waals surface area contributed by atoms with Crippen molar-refractivity contribution in [1.82, 2.24) is 4.90 Å². The molecule has 3 rings (SSSR count). The summed E-state index contributed by atoms with van der Waals surface area (Å²) in [5.41, 5.74) is 1.44. The number of carbonyl (C=O) groups is 2. The fourth-order valence-corrected chi connectivity index (χ4v) is 5.87. The van der Waals surface area contributed by atoms with Gasteiger partial charge in [0.05, 0.1) is 5.31 Å². The molecule has 8 nitrogen and oxygen atoms in total. The minimum absolute atomic E-state index is 0.0718. The standard InChI is InChI=1S/C26H33N2O6P/c1-18-9-11-20-22(16-18)34-23-17-19(27(2)3)10-12-21(23)26(20)35(32,33)15-13-24(29)28(4)14-7-5-6-8-25(30)31/h9-12,16-17H,1,5-8,13-15H2,2-4H3,(H,30,31)(H,32,33). The number of nitrogens with zero attached hydrogens (tertiary/aromatic N) is 2. The summed E-state index contributed by atoms with van der Waals surface area (Å²) in [7, 11) is 1.53. The second-order valence-electron chi connectivity index (χ2n) is 9.05. The van der Waals surface area contributed by atoms with Gasteiger partial charge in [-0.2, -0.15) is 0 Å². The van der Waals surface area contributed by atoms with Crippen LogP contribution in [0.4, 0.5) is 5.69 Å². The number of unbranched alkanes of at least 4 members (excludes halogenated alkanes) is 2. The summed E-state index contributed by atoms with van der Waals surface area (Å²) < 4.78 is 19.8. The van der Waals surface area contributed by atoms with Crippen LogP contribution in [0.25, 0.3) is 11.9 Å². The Morgan fingerprint density at radius 1 is 1.00 bits per heavy atom. The highest BCUT2D eigenvalue weighted by Gasteiger charge is 2.33. The number of carboxylic acids is 1. The van der Waals surface area contributed by atoms with E-state index >= 15 is 0 Å². The number of aliphatic carboxylic acids is 1. The number of rotatable bonds is 11. The number of amides is 1. The highest BCUT2D eigenvalue weighted by atomic mass is 31.2. The number of hydrogen-bond acceptors (Lipinski definition) is 5. The average molecular weight is 501 g/mol. The molecule has 0 aliphatic carbocycles. The van der Waals surface area contributed by atoms with Crippen LogP contribution in [0, 0.1) is 0 Å². The molecule has 0 saturated heterocycles. The predicted octanol–water partition coefficient (Wildman–Crippen LogP) is 3.19. The molecule has 188 valence electrons. The highest BCUT2D eigenvalue weighted by Crippen LogP contribution is 2.57. The maximum Gasteiger partial charge on any atom is 0.303 e. The van der Waals surface area contributed by atoms with E-state index in [0.717, 1.165) is 10.9 Å². The maximum absolute atomic E-state index is 13.7.